The average molecular weight is 507 g/mol. The molecule has 7 nitrogen and oxygen atoms in total. The highest BCUT2D eigenvalue weighted by molar-refractivity contribution is 5.91. The molecule has 0 unspecified atom stereocenters. The van der Waals surface area contributed by atoms with Gasteiger partial charge in [0.1, 0.15) is 5.82 Å². The van der Waals surface area contributed by atoms with Crippen molar-refractivity contribution in [3.05, 3.63) is 119 Å². The SMILES string of the molecule is C=C(Cc1ccc(Cn2cc(C(=C)NCc3ccc4c(N)nccc4c3)c(CO)n2)cc1)N=C/C(C)=C\C. The molecule has 0 aliphatic heterocycles. The number of hydrogen-bond donors (Lipinski definition) is 3. The number of anilines is 1. The second-order valence-electron chi connectivity index (χ2n) is 9.28. The van der Waals surface area contributed by atoms with Crippen molar-refractivity contribution in [2.75, 3.05) is 5.73 Å². The predicted molar refractivity (Wildman–Crippen MR) is 156 cm³/mol. The molecule has 0 radical (unpaired) electrons. The highest BCUT2D eigenvalue weighted by Crippen LogP contribution is 2.21. The maximum Gasteiger partial charge on any atom is 0.131 e. The summed E-state index contributed by atoms with van der Waals surface area (Å²) in [5, 5.41) is 19.8. The number of nitrogens with one attached hydrogen (secondary N) is 1. The van der Waals surface area contributed by atoms with Crippen LogP contribution >= 0.6 is 0 Å². The Morgan fingerprint density at radius 1 is 1.11 bits per heavy atom. The Labute approximate surface area is 223 Å². The van der Waals surface area contributed by atoms with Gasteiger partial charge in [0.25, 0.3) is 0 Å². The lowest BCUT2D eigenvalue weighted by atomic mass is 10.1. The van der Waals surface area contributed by atoms with Gasteiger partial charge < -0.3 is 16.2 Å². The second kappa shape index (κ2) is 12.2. The maximum absolute atomic E-state index is 9.90. The molecule has 38 heavy (non-hydrogen) atoms. The van der Waals surface area contributed by atoms with Crippen molar-refractivity contribution >= 4 is 28.5 Å². The van der Waals surface area contributed by atoms with Crippen molar-refractivity contribution in [1.82, 2.24) is 20.1 Å². The Kier molecular flexibility index (Phi) is 8.51. The Bertz CT molecular complexity index is 1510. The average Bonchev–Trinajstić information content (AvgIpc) is 3.34. The molecule has 0 spiro atoms. The third-order valence-corrected chi connectivity index (χ3v) is 6.36. The Morgan fingerprint density at radius 2 is 1.84 bits per heavy atom. The molecule has 194 valence electrons. The van der Waals surface area contributed by atoms with Gasteiger partial charge >= 0.3 is 0 Å². The van der Waals surface area contributed by atoms with Crippen LogP contribution in [0, 0.1) is 0 Å². The van der Waals surface area contributed by atoms with Crippen LogP contribution in [0.15, 0.2) is 96.4 Å². The van der Waals surface area contributed by atoms with Crippen molar-refractivity contribution in [2.45, 2.75) is 40.0 Å². The summed E-state index contributed by atoms with van der Waals surface area (Å²) in [5.41, 5.74) is 13.3. The van der Waals surface area contributed by atoms with Crippen molar-refractivity contribution < 1.29 is 5.11 Å². The minimum atomic E-state index is -0.167. The standard InChI is InChI=1S/C31H34N6O/c1-5-21(2)16-34-22(3)14-24-6-8-25(9-7-24)18-37-19-29(30(20-38)36-37)23(4)35-17-26-10-11-28-27(15-26)12-13-33-31(28)32/h5-13,15-16,19,35,38H,3-4,14,17-18,20H2,1-2H3,(H2,32,33)/b21-5-,34-16?. The van der Waals surface area contributed by atoms with E-state index < -0.39 is 0 Å². The third-order valence-electron chi connectivity index (χ3n) is 6.36. The minimum Gasteiger partial charge on any atom is -0.390 e. The summed E-state index contributed by atoms with van der Waals surface area (Å²) in [5.74, 6) is 0.524. The minimum absolute atomic E-state index is 0.167. The van der Waals surface area contributed by atoms with E-state index >= 15 is 0 Å². The van der Waals surface area contributed by atoms with Crippen LogP contribution in [0.5, 0.6) is 0 Å². The normalized spacial score (nSPS) is 11.8. The number of pyridine rings is 1. The number of fused-ring (bicyclic) bond motifs is 1. The Hall–Kier alpha value is -4.49. The summed E-state index contributed by atoms with van der Waals surface area (Å²) >= 11 is 0. The molecule has 0 amide bonds. The van der Waals surface area contributed by atoms with Gasteiger partial charge in [0.2, 0.25) is 0 Å². The molecule has 4 N–H and O–H groups in total. The number of aromatic nitrogens is 3. The van der Waals surface area contributed by atoms with Gasteiger partial charge in [-0.25, -0.2) is 4.98 Å². The summed E-state index contributed by atoms with van der Waals surface area (Å²) in [6.45, 7) is 13.2. The van der Waals surface area contributed by atoms with Crippen molar-refractivity contribution in [1.29, 1.82) is 0 Å². The molecule has 0 saturated heterocycles. The largest absolute Gasteiger partial charge is 0.390 e. The topological polar surface area (TPSA) is 101 Å². The highest BCUT2D eigenvalue weighted by atomic mass is 16.3. The highest BCUT2D eigenvalue weighted by Gasteiger charge is 2.12. The van der Waals surface area contributed by atoms with Gasteiger partial charge in [0.05, 0.1) is 18.8 Å². The van der Waals surface area contributed by atoms with Gasteiger partial charge in [-0.05, 0) is 53.6 Å². The van der Waals surface area contributed by atoms with Gasteiger partial charge in [0.15, 0.2) is 0 Å². The number of aliphatic hydroxyl groups is 1. The van der Waals surface area contributed by atoms with Crippen LogP contribution in [0.4, 0.5) is 5.82 Å². The van der Waals surface area contributed by atoms with E-state index in [2.05, 4.69) is 63.9 Å². The van der Waals surface area contributed by atoms with E-state index in [4.69, 9.17) is 5.73 Å². The lowest BCUT2D eigenvalue weighted by molar-refractivity contribution is 0.275. The number of aliphatic hydroxyl groups excluding tert-OH is 1. The van der Waals surface area contributed by atoms with Gasteiger partial charge in [-0.1, -0.05) is 55.6 Å². The number of nitrogens with zero attached hydrogens (tertiary/aromatic N) is 4. The fourth-order valence-corrected chi connectivity index (χ4v) is 4.07. The summed E-state index contributed by atoms with van der Waals surface area (Å²) in [6, 6.07) is 16.4. The van der Waals surface area contributed by atoms with E-state index in [-0.39, 0.29) is 6.61 Å². The van der Waals surface area contributed by atoms with E-state index in [0.29, 0.717) is 36.7 Å². The fourth-order valence-electron chi connectivity index (χ4n) is 4.07. The number of rotatable bonds is 11. The van der Waals surface area contributed by atoms with E-state index in [0.717, 1.165) is 44.3 Å². The number of allylic oxidation sites excluding steroid dienone is 3. The molecule has 0 fully saturated rings. The summed E-state index contributed by atoms with van der Waals surface area (Å²) < 4.78 is 1.83. The smallest absolute Gasteiger partial charge is 0.131 e. The lowest BCUT2D eigenvalue weighted by Crippen LogP contribution is -2.11. The first kappa shape index (κ1) is 26.6. The molecule has 7 heteroatoms. The monoisotopic (exact) mass is 506 g/mol. The predicted octanol–water partition coefficient (Wildman–Crippen LogP) is 5.41. The quantitative estimate of drug-likeness (QED) is 0.236. The molecule has 0 bridgehead atoms. The van der Waals surface area contributed by atoms with Crippen LogP contribution in [-0.2, 0) is 26.1 Å². The molecule has 2 heterocycles. The molecule has 2 aromatic heterocycles. The first-order valence-electron chi connectivity index (χ1n) is 12.5. The number of benzene rings is 2. The van der Waals surface area contributed by atoms with Crippen molar-refractivity contribution in [3.8, 4) is 0 Å². The zero-order valence-corrected chi connectivity index (χ0v) is 22.0. The number of aliphatic imine (C=N–C) groups is 1. The molecule has 4 rings (SSSR count). The molecule has 0 aliphatic rings. The third kappa shape index (κ3) is 6.63. The van der Waals surface area contributed by atoms with E-state index in [1.165, 1.54) is 0 Å². The Morgan fingerprint density at radius 3 is 2.58 bits per heavy atom. The van der Waals surface area contributed by atoms with E-state index in [1.54, 1.807) is 6.20 Å². The zero-order chi connectivity index (χ0) is 27.1. The van der Waals surface area contributed by atoms with Crippen LogP contribution in [0.3, 0.4) is 0 Å². The molecule has 0 saturated carbocycles. The van der Waals surface area contributed by atoms with Crippen molar-refractivity contribution in [2.24, 2.45) is 4.99 Å². The van der Waals surface area contributed by atoms with Gasteiger partial charge in [0, 0.05) is 53.9 Å². The molecule has 4 aromatic rings. The van der Waals surface area contributed by atoms with Crippen LogP contribution in [-0.4, -0.2) is 26.1 Å². The fraction of sp³-hybridized carbons (Fsp3) is 0.194. The van der Waals surface area contributed by atoms with Gasteiger partial charge in [-0.3, -0.25) is 9.67 Å². The second-order valence-corrected chi connectivity index (χ2v) is 9.28. The first-order chi connectivity index (χ1) is 18.4. The molecule has 2 aromatic carbocycles. The number of nitrogens with two attached hydrogens (primary N) is 1. The summed E-state index contributed by atoms with van der Waals surface area (Å²) in [7, 11) is 0. The summed E-state index contributed by atoms with van der Waals surface area (Å²) in [6.07, 6.45) is 8.17. The summed E-state index contributed by atoms with van der Waals surface area (Å²) in [4.78, 5) is 8.56. The molecule has 0 atom stereocenters. The first-order valence-corrected chi connectivity index (χ1v) is 12.5. The molecular formula is C31H34N6O. The Balaban J connectivity index is 1.38. The van der Waals surface area contributed by atoms with Crippen LogP contribution in [0.2, 0.25) is 0 Å². The van der Waals surface area contributed by atoms with E-state index in [1.807, 2.05) is 55.2 Å². The van der Waals surface area contributed by atoms with Gasteiger partial charge in [-0.15, -0.1) is 0 Å². The van der Waals surface area contributed by atoms with Crippen LogP contribution in [0.25, 0.3) is 16.5 Å². The zero-order valence-electron chi connectivity index (χ0n) is 22.0. The number of hydrogen-bond acceptors (Lipinski definition) is 6. The van der Waals surface area contributed by atoms with Crippen LogP contribution in [0.1, 0.15) is 41.8 Å². The lowest BCUT2D eigenvalue weighted by Gasteiger charge is -2.10. The molecule has 0 aliphatic carbocycles. The van der Waals surface area contributed by atoms with Gasteiger partial charge in [-0.2, -0.15) is 5.10 Å². The number of nitrogen functional groups attached to an aromatic ring is 1. The maximum atomic E-state index is 9.90. The van der Waals surface area contributed by atoms with Crippen molar-refractivity contribution in [3.63, 3.8) is 0 Å². The molecular weight excluding hydrogens is 472 g/mol. The van der Waals surface area contributed by atoms with E-state index in [9.17, 15) is 5.11 Å². The van der Waals surface area contributed by atoms with Crippen LogP contribution < -0.4 is 11.1 Å².